The molecule has 0 aromatic carbocycles. The number of aromatic nitrogens is 1. The van der Waals surface area contributed by atoms with Crippen LogP contribution in [0.2, 0.25) is 0 Å². The van der Waals surface area contributed by atoms with Gasteiger partial charge in [0.1, 0.15) is 5.01 Å². The number of nitrogens with one attached hydrogen (secondary N) is 1. The molecule has 4 nitrogen and oxygen atoms in total. The number of hydrogen-bond acceptors (Lipinski definition) is 3. The number of carbonyl (C=O) groups is 1. The van der Waals surface area contributed by atoms with Crippen molar-refractivity contribution in [3.8, 4) is 0 Å². The van der Waals surface area contributed by atoms with E-state index in [0.717, 1.165) is 17.5 Å². The lowest BCUT2D eigenvalue weighted by atomic mass is 9.85. The Hall–Kier alpha value is -1.10. The quantitative estimate of drug-likeness (QED) is 0.900. The molecule has 0 radical (unpaired) electrons. The van der Waals surface area contributed by atoms with E-state index in [1.54, 1.807) is 11.3 Å². The fourth-order valence-corrected chi connectivity index (χ4v) is 3.37. The van der Waals surface area contributed by atoms with Crippen LogP contribution in [0.4, 0.5) is 4.79 Å². The number of urea groups is 1. The van der Waals surface area contributed by atoms with Gasteiger partial charge >= 0.3 is 6.03 Å². The molecular weight excluding hydrogens is 258 g/mol. The third kappa shape index (κ3) is 3.08. The fourth-order valence-electron chi connectivity index (χ4n) is 2.59. The van der Waals surface area contributed by atoms with E-state index in [1.807, 2.05) is 23.5 Å². The highest BCUT2D eigenvalue weighted by atomic mass is 32.1. The molecule has 2 fully saturated rings. The summed E-state index contributed by atoms with van der Waals surface area (Å²) in [6.07, 6.45) is 8.10. The Bertz CT molecular complexity index is 426. The summed E-state index contributed by atoms with van der Waals surface area (Å²) in [5, 5.41) is 6.20. The Kier molecular flexibility index (Phi) is 3.73. The van der Waals surface area contributed by atoms with Gasteiger partial charge in [0.05, 0.1) is 6.04 Å². The average molecular weight is 279 g/mol. The topological polar surface area (TPSA) is 45.2 Å². The molecule has 0 bridgehead atoms. The molecule has 3 rings (SSSR count). The Morgan fingerprint density at radius 3 is 2.84 bits per heavy atom. The van der Waals surface area contributed by atoms with E-state index in [2.05, 4.69) is 10.3 Å². The van der Waals surface area contributed by atoms with Gasteiger partial charge in [-0.1, -0.05) is 6.42 Å². The molecule has 2 aliphatic rings. The van der Waals surface area contributed by atoms with Crippen LogP contribution in [-0.4, -0.2) is 29.5 Å². The maximum absolute atomic E-state index is 12.2. The van der Waals surface area contributed by atoms with Crippen molar-refractivity contribution in [2.75, 3.05) is 13.6 Å². The molecule has 0 spiro atoms. The van der Waals surface area contributed by atoms with Crippen LogP contribution in [0.3, 0.4) is 0 Å². The predicted molar refractivity (Wildman–Crippen MR) is 76.1 cm³/mol. The summed E-state index contributed by atoms with van der Waals surface area (Å²) in [5.41, 5.74) is 0. The maximum Gasteiger partial charge on any atom is 0.317 e. The molecule has 5 heteroatoms. The zero-order chi connectivity index (χ0) is 13.2. The second-order valence-electron chi connectivity index (χ2n) is 5.81. The molecule has 0 saturated heterocycles. The van der Waals surface area contributed by atoms with E-state index in [-0.39, 0.29) is 12.1 Å². The van der Waals surface area contributed by atoms with E-state index in [0.29, 0.717) is 5.92 Å². The van der Waals surface area contributed by atoms with Crippen molar-refractivity contribution < 1.29 is 4.79 Å². The third-order valence-electron chi connectivity index (χ3n) is 4.19. The molecule has 1 aromatic heterocycles. The van der Waals surface area contributed by atoms with Crippen molar-refractivity contribution >= 4 is 17.4 Å². The molecule has 1 heterocycles. The first kappa shape index (κ1) is 12.9. The molecule has 19 heavy (non-hydrogen) atoms. The second kappa shape index (κ2) is 5.49. The molecule has 0 aliphatic heterocycles. The van der Waals surface area contributed by atoms with Crippen molar-refractivity contribution in [3.05, 3.63) is 16.6 Å². The van der Waals surface area contributed by atoms with E-state index >= 15 is 0 Å². The van der Waals surface area contributed by atoms with Gasteiger partial charge in [-0.15, -0.1) is 11.3 Å². The zero-order valence-electron chi connectivity index (χ0n) is 11.3. The minimum Gasteiger partial charge on any atom is -0.328 e. The summed E-state index contributed by atoms with van der Waals surface area (Å²) < 4.78 is 0. The van der Waals surface area contributed by atoms with E-state index < -0.39 is 0 Å². The van der Waals surface area contributed by atoms with Gasteiger partial charge in [0, 0.05) is 25.2 Å². The molecule has 0 unspecified atom stereocenters. The molecule has 2 amide bonds. The Balaban J connectivity index is 1.56. The molecule has 2 saturated carbocycles. The lowest BCUT2D eigenvalue weighted by Gasteiger charge is -2.31. The number of rotatable bonds is 5. The summed E-state index contributed by atoms with van der Waals surface area (Å²) >= 11 is 1.64. The van der Waals surface area contributed by atoms with Crippen LogP contribution in [0.1, 0.15) is 43.2 Å². The van der Waals surface area contributed by atoms with Crippen molar-refractivity contribution in [2.45, 2.75) is 38.1 Å². The number of amides is 2. The Morgan fingerprint density at radius 1 is 1.53 bits per heavy atom. The SMILES string of the molecule is CN(CC1CCC1)C(=O)N[C@@H](c1nccs1)C1CC1. The second-order valence-corrected chi connectivity index (χ2v) is 6.74. The summed E-state index contributed by atoms with van der Waals surface area (Å²) in [4.78, 5) is 18.5. The van der Waals surface area contributed by atoms with Crippen LogP contribution >= 0.6 is 11.3 Å². The van der Waals surface area contributed by atoms with Gasteiger partial charge in [0.15, 0.2) is 0 Å². The van der Waals surface area contributed by atoms with Crippen LogP contribution in [-0.2, 0) is 0 Å². The summed E-state index contributed by atoms with van der Waals surface area (Å²) in [7, 11) is 1.90. The third-order valence-corrected chi connectivity index (χ3v) is 5.05. The molecule has 1 atom stereocenters. The summed E-state index contributed by atoms with van der Waals surface area (Å²) in [6, 6.07) is 0.176. The van der Waals surface area contributed by atoms with Gasteiger partial charge in [-0.3, -0.25) is 0 Å². The first-order valence-corrected chi connectivity index (χ1v) is 8.03. The fraction of sp³-hybridized carbons (Fsp3) is 0.714. The molecular formula is C14H21N3OS. The Morgan fingerprint density at radius 2 is 2.32 bits per heavy atom. The molecule has 2 aliphatic carbocycles. The smallest absolute Gasteiger partial charge is 0.317 e. The number of carbonyl (C=O) groups excluding carboxylic acids is 1. The predicted octanol–water partition coefficient (Wildman–Crippen LogP) is 3.04. The monoisotopic (exact) mass is 279 g/mol. The number of thiazole rings is 1. The molecule has 1 aromatic rings. The van der Waals surface area contributed by atoms with Crippen molar-refractivity contribution in [3.63, 3.8) is 0 Å². The highest BCUT2D eigenvalue weighted by molar-refractivity contribution is 7.09. The molecule has 1 N–H and O–H groups in total. The van der Waals surface area contributed by atoms with Crippen LogP contribution in [0.25, 0.3) is 0 Å². The van der Waals surface area contributed by atoms with Gasteiger partial charge in [-0.25, -0.2) is 9.78 Å². The highest BCUT2D eigenvalue weighted by Gasteiger charge is 2.35. The zero-order valence-corrected chi connectivity index (χ0v) is 12.2. The summed E-state index contributed by atoms with van der Waals surface area (Å²) in [5.74, 6) is 1.31. The van der Waals surface area contributed by atoms with Gasteiger partial charge in [-0.2, -0.15) is 0 Å². The lowest BCUT2D eigenvalue weighted by Crippen LogP contribution is -2.43. The minimum absolute atomic E-state index is 0.0546. The van der Waals surface area contributed by atoms with Crippen molar-refractivity contribution in [2.24, 2.45) is 11.8 Å². The van der Waals surface area contributed by atoms with Crippen molar-refractivity contribution in [1.29, 1.82) is 0 Å². The van der Waals surface area contributed by atoms with Crippen LogP contribution in [0.5, 0.6) is 0 Å². The van der Waals surface area contributed by atoms with Gasteiger partial charge in [-0.05, 0) is 37.5 Å². The van der Waals surface area contributed by atoms with E-state index in [4.69, 9.17) is 0 Å². The molecule has 104 valence electrons. The largest absolute Gasteiger partial charge is 0.328 e. The lowest BCUT2D eigenvalue weighted by molar-refractivity contribution is 0.178. The standard InChI is InChI=1S/C14H21N3OS/c1-17(9-10-3-2-4-10)14(18)16-12(11-5-6-11)13-15-7-8-19-13/h7-8,10-12H,2-6,9H2,1H3,(H,16,18)/t12-/m1/s1. The first-order chi connectivity index (χ1) is 9.24. The van der Waals surface area contributed by atoms with Crippen LogP contribution in [0.15, 0.2) is 11.6 Å². The van der Waals surface area contributed by atoms with Crippen molar-refractivity contribution in [1.82, 2.24) is 15.2 Å². The van der Waals surface area contributed by atoms with E-state index in [9.17, 15) is 4.79 Å². The first-order valence-electron chi connectivity index (χ1n) is 7.15. The highest BCUT2D eigenvalue weighted by Crippen LogP contribution is 2.41. The van der Waals surface area contributed by atoms with Gasteiger partial charge < -0.3 is 10.2 Å². The van der Waals surface area contributed by atoms with Gasteiger partial charge in [0.2, 0.25) is 0 Å². The summed E-state index contributed by atoms with van der Waals surface area (Å²) in [6.45, 7) is 0.890. The number of hydrogen-bond donors (Lipinski definition) is 1. The maximum atomic E-state index is 12.2. The average Bonchev–Trinajstić information content (AvgIpc) is 3.05. The number of nitrogens with zero attached hydrogens (tertiary/aromatic N) is 2. The van der Waals surface area contributed by atoms with Crippen LogP contribution < -0.4 is 5.32 Å². The Labute approximate surface area is 118 Å². The minimum atomic E-state index is 0.0546. The van der Waals surface area contributed by atoms with Gasteiger partial charge in [0.25, 0.3) is 0 Å². The van der Waals surface area contributed by atoms with Crippen LogP contribution in [0, 0.1) is 11.8 Å². The normalized spacial score (nSPS) is 20.7. The van der Waals surface area contributed by atoms with E-state index in [1.165, 1.54) is 32.1 Å².